The third kappa shape index (κ3) is 2.33. The first-order valence-electron chi connectivity index (χ1n) is 4.39. The summed E-state index contributed by atoms with van der Waals surface area (Å²) in [5.74, 6) is -1.37. The van der Waals surface area contributed by atoms with Crippen LogP contribution in [0.4, 0.5) is 0 Å². The van der Waals surface area contributed by atoms with Crippen molar-refractivity contribution in [3.63, 3.8) is 0 Å². The first kappa shape index (κ1) is 11.6. The van der Waals surface area contributed by atoms with E-state index in [1.165, 1.54) is 24.3 Å². The lowest BCUT2D eigenvalue weighted by Crippen LogP contribution is -2.40. The lowest BCUT2D eigenvalue weighted by atomic mass is 10.3. The highest BCUT2D eigenvalue weighted by atomic mass is 16.4. The molecule has 0 spiro atoms. The zero-order valence-corrected chi connectivity index (χ0v) is 8.43. The number of hydrogen-bond acceptors (Lipinski definition) is 3. The van der Waals surface area contributed by atoms with E-state index in [1.54, 1.807) is 0 Å². The third-order valence-electron chi connectivity index (χ3n) is 1.73. The van der Waals surface area contributed by atoms with Crippen LogP contribution in [0.3, 0.4) is 0 Å². The summed E-state index contributed by atoms with van der Waals surface area (Å²) in [6, 6.07) is 0. The second-order valence-electron chi connectivity index (χ2n) is 2.82. The van der Waals surface area contributed by atoms with Crippen molar-refractivity contribution in [2.75, 3.05) is 0 Å². The molecule has 0 aliphatic carbocycles. The Labute approximate surface area is 90.8 Å². The van der Waals surface area contributed by atoms with Crippen molar-refractivity contribution >= 4 is 18.1 Å². The summed E-state index contributed by atoms with van der Waals surface area (Å²) in [5, 5.41) is 9.45. The highest BCUT2D eigenvalue weighted by Crippen LogP contribution is 1.77. The van der Waals surface area contributed by atoms with Gasteiger partial charge in [-0.05, 0) is 12.2 Å². The van der Waals surface area contributed by atoms with E-state index in [0.29, 0.717) is 10.7 Å². The van der Waals surface area contributed by atoms with E-state index < -0.39 is 17.2 Å². The van der Waals surface area contributed by atoms with Crippen molar-refractivity contribution < 1.29 is 9.90 Å². The maximum absolute atomic E-state index is 11.3. The average molecular weight is 218 g/mol. The van der Waals surface area contributed by atoms with E-state index in [-0.39, 0.29) is 0 Å². The van der Waals surface area contributed by atoms with Crippen LogP contribution in [0.25, 0.3) is 12.2 Å². The molecule has 82 valence electrons. The summed E-state index contributed by atoms with van der Waals surface area (Å²) in [4.78, 5) is 28.2. The van der Waals surface area contributed by atoms with Crippen LogP contribution in [-0.4, -0.2) is 21.0 Å². The van der Waals surface area contributed by atoms with E-state index in [0.717, 1.165) is 0 Å². The number of carbonyl (C=O) groups is 1. The number of hydrogen-bond donors (Lipinski definition) is 2. The fraction of sp³-hybridized carbons (Fsp3) is 0. The summed E-state index contributed by atoms with van der Waals surface area (Å²) >= 11 is 0. The van der Waals surface area contributed by atoms with Gasteiger partial charge in [0.05, 0.1) is 10.7 Å². The van der Waals surface area contributed by atoms with Crippen LogP contribution in [0.5, 0.6) is 0 Å². The Morgan fingerprint density at radius 1 is 1.31 bits per heavy atom. The number of rotatable bonds is 3. The van der Waals surface area contributed by atoms with Gasteiger partial charge in [0.2, 0.25) is 5.69 Å². The van der Waals surface area contributed by atoms with Gasteiger partial charge in [-0.25, -0.2) is 9.78 Å². The molecule has 16 heavy (non-hydrogen) atoms. The molecule has 1 rings (SSSR count). The lowest BCUT2D eigenvalue weighted by molar-refractivity contribution is 0.0688. The van der Waals surface area contributed by atoms with Crippen LogP contribution in [0.1, 0.15) is 10.5 Å². The standard InChI is InChI=1S/C11H10N2O3/c1-3-5-7-8(6-4-2)13-10(14)9(12-7)11(15)16/h3-6H,1-2H2,(H,13,14)(H,15,16)/b7-5+,8-6+. The van der Waals surface area contributed by atoms with Crippen molar-refractivity contribution in [3.8, 4) is 0 Å². The monoisotopic (exact) mass is 218 g/mol. The quantitative estimate of drug-likeness (QED) is 0.709. The normalized spacial score (nSPS) is 12.5. The molecule has 2 N–H and O–H groups in total. The number of carboxylic acids is 1. The lowest BCUT2D eigenvalue weighted by Gasteiger charge is -1.93. The number of nitrogens with zero attached hydrogens (tertiary/aromatic N) is 1. The molecule has 1 aromatic heterocycles. The smallest absolute Gasteiger partial charge is 0.360 e. The van der Waals surface area contributed by atoms with Crippen molar-refractivity contribution in [1.29, 1.82) is 0 Å². The molecule has 0 atom stereocenters. The summed E-state index contributed by atoms with van der Waals surface area (Å²) in [6.07, 6.45) is 5.94. The van der Waals surface area contributed by atoms with E-state index in [9.17, 15) is 9.59 Å². The number of aromatic amines is 1. The first-order valence-corrected chi connectivity index (χ1v) is 4.39. The SMILES string of the molecule is C=C/C=c1/nc(C(=O)O)c(=O)[nH]/c1=C/C=C. The zero-order valence-electron chi connectivity index (χ0n) is 8.43. The van der Waals surface area contributed by atoms with Gasteiger partial charge in [0, 0.05) is 0 Å². The van der Waals surface area contributed by atoms with Crippen LogP contribution < -0.4 is 16.3 Å². The van der Waals surface area contributed by atoms with Gasteiger partial charge in [0.1, 0.15) is 0 Å². The molecular weight excluding hydrogens is 208 g/mol. The molecule has 0 aliphatic heterocycles. The predicted molar refractivity (Wildman–Crippen MR) is 60.4 cm³/mol. The summed E-state index contributed by atoms with van der Waals surface area (Å²) in [5.41, 5.74) is -1.30. The molecule has 0 bridgehead atoms. The second-order valence-corrected chi connectivity index (χ2v) is 2.82. The van der Waals surface area contributed by atoms with Gasteiger partial charge < -0.3 is 10.1 Å². The minimum absolute atomic E-state index is 0.326. The Balaban J connectivity index is 3.77. The highest BCUT2D eigenvalue weighted by molar-refractivity contribution is 5.84. The maximum atomic E-state index is 11.3. The molecule has 1 aromatic rings. The summed E-state index contributed by atoms with van der Waals surface area (Å²) < 4.78 is 0. The van der Waals surface area contributed by atoms with Crippen LogP contribution >= 0.6 is 0 Å². The van der Waals surface area contributed by atoms with Crippen LogP contribution in [-0.2, 0) is 0 Å². The van der Waals surface area contributed by atoms with Gasteiger partial charge in [0.25, 0.3) is 5.56 Å². The fourth-order valence-electron chi connectivity index (χ4n) is 1.11. The largest absolute Gasteiger partial charge is 0.476 e. The van der Waals surface area contributed by atoms with E-state index in [2.05, 4.69) is 23.1 Å². The first-order chi connectivity index (χ1) is 7.60. The number of aromatic carboxylic acids is 1. The van der Waals surface area contributed by atoms with Crippen molar-refractivity contribution in [2.24, 2.45) is 0 Å². The van der Waals surface area contributed by atoms with Crippen LogP contribution in [0.2, 0.25) is 0 Å². The van der Waals surface area contributed by atoms with Crippen molar-refractivity contribution in [2.45, 2.75) is 0 Å². The minimum Gasteiger partial charge on any atom is -0.476 e. The number of aromatic nitrogens is 2. The molecule has 5 nitrogen and oxygen atoms in total. The average Bonchev–Trinajstić information content (AvgIpc) is 2.22. The third-order valence-corrected chi connectivity index (χ3v) is 1.73. The van der Waals surface area contributed by atoms with Gasteiger partial charge in [-0.3, -0.25) is 4.79 Å². The number of nitrogens with one attached hydrogen (secondary N) is 1. The summed E-state index contributed by atoms with van der Waals surface area (Å²) in [6.45, 7) is 6.96. The summed E-state index contributed by atoms with van der Waals surface area (Å²) in [7, 11) is 0. The second kappa shape index (κ2) is 4.88. The Hall–Kier alpha value is -2.43. The number of allylic oxidation sites excluding steroid dienone is 2. The van der Waals surface area contributed by atoms with Gasteiger partial charge in [-0.15, -0.1) is 0 Å². The fourth-order valence-corrected chi connectivity index (χ4v) is 1.11. The Kier molecular flexibility index (Phi) is 3.55. The van der Waals surface area contributed by atoms with Crippen molar-refractivity contribution in [3.05, 3.63) is 52.1 Å². The molecule has 1 heterocycles. The van der Waals surface area contributed by atoms with Crippen LogP contribution in [0, 0.1) is 0 Å². The van der Waals surface area contributed by atoms with E-state index in [1.807, 2.05) is 0 Å². The highest BCUT2D eigenvalue weighted by Gasteiger charge is 2.09. The van der Waals surface area contributed by atoms with Gasteiger partial charge >= 0.3 is 5.97 Å². The van der Waals surface area contributed by atoms with Crippen molar-refractivity contribution in [1.82, 2.24) is 9.97 Å². The molecule has 0 saturated heterocycles. The van der Waals surface area contributed by atoms with Gasteiger partial charge in [0.15, 0.2) is 0 Å². The number of H-pyrrole nitrogens is 1. The van der Waals surface area contributed by atoms with E-state index in [4.69, 9.17) is 5.11 Å². The molecule has 0 aliphatic rings. The maximum Gasteiger partial charge on any atom is 0.360 e. The molecule has 0 aromatic carbocycles. The zero-order chi connectivity index (χ0) is 12.1. The molecule has 0 saturated carbocycles. The van der Waals surface area contributed by atoms with Gasteiger partial charge in [-0.1, -0.05) is 25.3 Å². The molecule has 0 radical (unpaired) electrons. The molecular formula is C11H10N2O3. The molecule has 0 fully saturated rings. The Bertz CT molecular complexity index is 611. The van der Waals surface area contributed by atoms with E-state index >= 15 is 0 Å². The number of carboxylic acid groups (broad SMARTS) is 1. The van der Waals surface area contributed by atoms with Gasteiger partial charge in [-0.2, -0.15) is 0 Å². The molecule has 0 amide bonds. The Morgan fingerprint density at radius 3 is 2.44 bits per heavy atom. The molecule has 5 heteroatoms. The predicted octanol–water partition coefficient (Wildman–Crippen LogP) is -0.599. The molecule has 0 unspecified atom stereocenters. The topological polar surface area (TPSA) is 83.0 Å². The minimum atomic E-state index is -1.37. The van der Waals surface area contributed by atoms with Crippen LogP contribution in [0.15, 0.2) is 30.1 Å². The Morgan fingerprint density at radius 2 is 1.94 bits per heavy atom.